The Morgan fingerprint density at radius 3 is 2.00 bits per heavy atom. The summed E-state index contributed by atoms with van der Waals surface area (Å²) in [6.07, 6.45) is -14.2. The highest BCUT2D eigenvalue weighted by Gasteiger charge is 2.39. The van der Waals surface area contributed by atoms with Gasteiger partial charge in [0, 0.05) is 5.56 Å². The number of hydrogen-bond acceptors (Lipinski definition) is 2. The zero-order valence-electron chi connectivity index (χ0n) is 8.41. The summed E-state index contributed by atoms with van der Waals surface area (Å²) in [6.45, 7) is 0. The SMILES string of the molecule is FC(F)c1cc(C(F)(F)F)nc(OC(F)(F)F)c1Cl. The highest BCUT2D eigenvalue weighted by molar-refractivity contribution is 6.32. The predicted molar refractivity (Wildman–Crippen MR) is 45.9 cm³/mol. The molecule has 0 fully saturated rings. The monoisotopic (exact) mass is 315 g/mol. The normalized spacial score (nSPS) is 12.9. The maximum Gasteiger partial charge on any atom is 0.574 e. The first-order valence-corrected chi connectivity index (χ1v) is 4.61. The van der Waals surface area contributed by atoms with Gasteiger partial charge in [-0.2, -0.15) is 13.2 Å². The van der Waals surface area contributed by atoms with Crippen LogP contribution in [0, 0.1) is 0 Å². The molecule has 19 heavy (non-hydrogen) atoms. The number of alkyl halides is 8. The Bertz CT molecular complexity index is 469. The van der Waals surface area contributed by atoms with Gasteiger partial charge in [0.25, 0.3) is 6.43 Å². The van der Waals surface area contributed by atoms with E-state index in [9.17, 15) is 35.1 Å². The van der Waals surface area contributed by atoms with Gasteiger partial charge < -0.3 is 4.74 Å². The summed E-state index contributed by atoms with van der Waals surface area (Å²) in [7, 11) is 0. The minimum Gasteiger partial charge on any atom is -0.386 e. The third-order valence-corrected chi connectivity index (χ3v) is 2.07. The van der Waals surface area contributed by atoms with Gasteiger partial charge >= 0.3 is 12.5 Å². The molecular weight excluding hydrogens is 314 g/mol. The molecule has 0 atom stereocenters. The molecule has 0 radical (unpaired) electrons. The molecule has 0 spiro atoms. The highest BCUT2D eigenvalue weighted by Crippen LogP contribution is 2.39. The summed E-state index contributed by atoms with van der Waals surface area (Å²) < 4.78 is 100. The number of halogens is 9. The Balaban J connectivity index is 3.41. The molecule has 0 bridgehead atoms. The molecule has 11 heteroatoms. The molecule has 0 aliphatic carbocycles. The first-order valence-electron chi connectivity index (χ1n) is 4.23. The molecule has 0 aliphatic rings. The van der Waals surface area contributed by atoms with Crippen LogP contribution in [-0.2, 0) is 6.18 Å². The van der Waals surface area contributed by atoms with Gasteiger partial charge in [-0.1, -0.05) is 11.6 Å². The third kappa shape index (κ3) is 4.08. The Kier molecular flexibility index (Phi) is 4.13. The molecule has 108 valence electrons. The fraction of sp³-hybridized carbons (Fsp3) is 0.375. The van der Waals surface area contributed by atoms with Gasteiger partial charge in [-0.3, -0.25) is 0 Å². The van der Waals surface area contributed by atoms with Gasteiger partial charge in [0.05, 0.1) is 0 Å². The summed E-state index contributed by atoms with van der Waals surface area (Å²) in [6, 6.07) is -0.143. The number of rotatable bonds is 2. The first kappa shape index (κ1) is 15.7. The molecule has 0 N–H and O–H groups in total. The van der Waals surface area contributed by atoms with Crippen molar-refractivity contribution in [2.75, 3.05) is 0 Å². The van der Waals surface area contributed by atoms with Crippen LogP contribution >= 0.6 is 11.6 Å². The highest BCUT2D eigenvalue weighted by atomic mass is 35.5. The van der Waals surface area contributed by atoms with Crippen LogP contribution in [0.2, 0.25) is 5.02 Å². The second-order valence-corrected chi connectivity index (χ2v) is 3.44. The molecule has 1 aromatic heterocycles. The van der Waals surface area contributed by atoms with E-state index in [0.717, 1.165) is 0 Å². The van der Waals surface area contributed by atoms with Crippen LogP contribution in [0.1, 0.15) is 17.7 Å². The van der Waals surface area contributed by atoms with Gasteiger partial charge in [-0.05, 0) is 6.07 Å². The zero-order chi connectivity index (χ0) is 15.0. The number of aromatic nitrogens is 1. The van der Waals surface area contributed by atoms with E-state index in [1.54, 1.807) is 0 Å². The second-order valence-electron chi connectivity index (χ2n) is 3.06. The van der Waals surface area contributed by atoms with Crippen LogP contribution in [0.3, 0.4) is 0 Å². The number of pyridine rings is 1. The molecule has 0 saturated heterocycles. The lowest BCUT2D eigenvalue weighted by Gasteiger charge is -2.14. The van der Waals surface area contributed by atoms with E-state index in [0.29, 0.717) is 0 Å². The van der Waals surface area contributed by atoms with Gasteiger partial charge in [0.2, 0.25) is 5.88 Å². The van der Waals surface area contributed by atoms with Crippen LogP contribution in [0.25, 0.3) is 0 Å². The first-order chi connectivity index (χ1) is 8.42. The fourth-order valence-electron chi connectivity index (χ4n) is 1.01. The standard InChI is InChI=1S/C8H2ClF8NO/c9-4-2(5(10)11)1-3(7(12,13)14)18-6(4)19-8(15,16)17/h1,5H. The van der Waals surface area contributed by atoms with E-state index in [1.165, 1.54) is 0 Å². The van der Waals surface area contributed by atoms with E-state index in [4.69, 9.17) is 11.6 Å². The molecule has 0 amide bonds. The van der Waals surface area contributed by atoms with Crippen molar-refractivity contribution < 1.29 is 39.9 Å². The second kappa shape index (κ2) is 4.99. The van der Waals surface area contributed by atoms with Crippen molar-refractivity contribution in [2.24, 2.45) is 0 Å². The maximum atomic E-state index is 12.4. The Labute approximate surface area is 104 Å². The molecule has 0 saturated carbocycles. The Morgan fingerprint density at radius 1 is 1.11 bits per heavy atom. The van der Waals surface area contributed by atoms with Gasteiger partial charge in [-0.25, -0.2) is 13.8 Å². The lowest BCUT2D eigenvalue weighted by molar-refractivity contribution is -0.276. The summed E-state index contributed by atoms with van der Waals surface area (Å²) >= 11 is 5.10. The summed E-state index contributed by atoms with van der Waals surface area (Å²) in [4.78, 5) is 2.44. The van der Waals surface area contributed by atoms with Crippen molar-refractivity contribution >= 4 is 11.6 Å². The van der Waals surface area contributed by atoms with Crippen molar-refractivity contribution in [1.29, 1.82) is 0 Å². The average Bonchev–Trinajstić information content (AvgIpc) is 2.16. The van der Waals surface area contributed by atoms with E-state index < -0.39 is 41.1 Å². The van der Waals surface area contributed by atoms with Gasteiger partial charge in [0.1, 0.15) is 10.7 Å². The van der Waals surface area contributed by atoms with Crippen molar-refractivity contribution in [3.8, 4) is 5.88 Å². The van der Waals surface area contributed by atoms with Gasteiger partial charge in [0.15, 0.2) is 0 Å². The third-order valence-electron chi connectivity index (χ3n) is 1.69. The van der Waals surface area contributed by atoms with Crippen molar-refractivity contribution in [2.45, 2.75) is 19.0 Å². The maximum absolute atomic E-state index is 12.4. The molecule has 0 unspecified atom stereocenters. The molecule has 0 aromatic carbocycles. The molecule has 2 nitrogen and oxygen atoms in total. The van der Waals surface area contributed by atoms with Crippen molar-refractivity contribution in [1.82, 2.24) is 4.98 Å². The van der Waals surface area contributed by atoms with E-state index in [2.05, 4.69) is 9.72 Å². The predicted octanol–water partition coefficient (Wildman–Crippen LogP) is 4.59. The number of nitrogens with zero attached hydrogens (tertiary/aromatic N) is 1. The lowest BCUT2D eigenvalue weighted by atomic mass is 10.2. The number of ether oxygens (including phenoxy) is 1. The van der Waals surface area contributed by atoms with Gasteiger partial charge in [-0.15, -0.1) is 13.2 Å². The van der Waals surface area contributed by atoms with Crippen LogP contribution in [0.4, 0.5) is 35.1 Å². The summed E-state index contributed by atoms with van der Waals surface area (Å²) in [5.41, 5.74) is -3.42. The Hall–Kier alpha value is -1.32. The van der Waals surface area contributed by atoms with E-state index in [1.807, 2.05) is 0 Å². The average molecular weight is 316 g/mol. The minimum absolute atomic E-state index is 0.143. The van der Waals surface area contributed by atoms with E-state index >= 15 is 0 Å². The molecule has 0 aliphatic heterocycles. The topological polar surface area (TPSA) is 22.1 Å². The van der Waals surface area contributed by atoms with Crippen molar-refractivity contribution in [3.63, 3.8) is 0 Å². The minimum atomic E-state index is -5.42. The molecule has 1 heterocycles. The largest absolute Gasteiger partial charge is 0.574 e. The molecule has 1 rings (SSSR count). The van der Waals surface area contributed by atoms with Crippen LogP contribution < -0.4 is 4.74 Å². The zero-order valence-corrected chi connectivity index (χ0v) is 9.17. The summed E-state index contributed by atoms with van der Waals surface area (Å²) in [5, 5.41) is -1.33. The number of hydrogen-bond donors (Lipinski definition) is 0. The fourth-order valence-corrected chi connectivity index (χ4v) is 1.22. The van der Waals surface area contributed by atoms with Crippen LogP contribution in [0.15, 0.2) is 6.07 Å². The van der Waals surface area contributed by atoms with Crippen LogP contribution in [-0.4, -0.2) is 11.3 Å². The lowest BCUT2D eigenvalue weighted by Crippen LogP contribution is -2.20. The quantitative estimate of drug-likeness (QED) is 0.745. The summed E-state index contributed by atoms with van der Waals surface area (Å²) in [5.74, 6) is -1.78. The van der Waals surface area contributed by atoms with Crippen molar-refractivity contribution in [3.05, 3.63) is 22.3 Å². The molecule has 1 aromatic rings. The Morgan fingerprint density at radius 2 is 1.63 bits per heavy atom. The van der Waals surface area contributed by atoms with Crippen LogP contribution in [0.5, 0.6) is 5.88 Å². The molecular formula is C8H2ClF8NO. The van der Waals surface area contributed by atoms with E-state index in [-0.39, 0.29) is 6.07 Å². The smallest absolute Gasteiger partial charge is 0.386 e.